The molecule has 0 bridgehead atoms. The minimum Gasteiger partial charge on any atom is -0.383 e. The van der Waals surface area contributed by atoms with Gasteiger partial charge in [0.25, 0.3) is 0 Å². The van der Waals surface area contributed by atoms with Crippen LogP contribution in [-0.2, 0) is 0 Å². The Balaban J connectivity index is 2.51. The molecule has 2 heterocycles. The second kappa shape index (κ2) is 2.61. The highest BCUT2D eigenvalue weighted by molar-refractivity contribution is 14.1. The van der Waals surface area contributed by atoms with E-state index in [1.165, 1.54) is 0 Å². The van der Waals surface area contributed by atoms with Gasteiger partial charge in [0, 0.05) is 0 Å². The average molecular weight is 275 g/mol. The van der Waals surface area contributed by atoms with Gasteiger partial charge in [0.2, 0.25) is 0 Å². The Bertz CT molecular complexity index is 351. The highest BCUT2D eigenvalue weighted by Gasteiger charge is 2.27. The largest absolute Gasteiger partial charge is 0.383 e. The third-order valence-corrected chi connectivity index (χ3v) is 2.40. The summed E-state index contributed by atoms with van der Waals surface area (Å²) in [4.78, 5) is 8.21. The SMILES string of the molecule is CC1=N[C@H]2N=NC(I)=C2C(N)=N1. The monoisotopic (exact) mass is 275 g/mol. The van der Waals surface area contributed by atoms with Crippen LogP contribution in [0, 0.1) is 0 Å². The Morgan fingerprint density at radius 2 is 2.25 bits per heavy atom. The summed E-state index contributed by atoms with van der Waals surface area (Å²) >= 11 is 2.08. The fourth-order valence-electron chi connectivity index (χ4n) is 1.09. The van der Waals surface area contributed by atoms with E-state index in [9.17, 15) is 0 Å². The first-order chi connectivity index (χ1) is 5.68. The zero-order valence-electron chi connectivity index (χ0n) is 6.32. The van der Waals surface area contributed by atoms with E-state index in [-0.39, 0.29) is 6.17 Å². The molecule has 12 heavy (non-hydrogen) atoms. The van der Waals surface area contributed by atoms with Gasteiger partial charge in [-0.05, 0) is 29.5 Å². The molecule has 0 aromatic carbocycles. The van der Waals surface area contributed by atoms with Crippen molar-refractivity contribution in [2.75, 3.05) is 0 Å². The second-order valence-electron chi connectivity index (χ2n) is 2.47. The van der Waals surface area contributed by atoms with Gasteiger partial charge in [-0.1, -0.05) is 0 Å². The van der Waals surface area contributed by atoms with Gasteiger partial charge in [0.1, 0.15) is 15.4 Å². The van der Waals surface area contributed by atoms with Crippen LogP contribution in [0.2, 0.25) is 0 Å². The second-order valence-corrected chi connectivity index (χ2v) is 3.49. The zero-order valence-corrected chi connectivity index (χ0v) is 8.48. The summed E-state index contributed by atoms with van der Waals surface area (Å²) in [5.74, 6) is 1.15. The van der Waals surface area contributed by atoms with Gasteiger partial charge >= 0.3 is 0 Å². The summed E-state index contributed by atoms with van der Waals surface area (Å²) in [6.07, 6.45) is -0.241. The quantitative estimate of drug-likeness (QED) is 0.523. The van der Waals surface area contributed by atoms with Gasteiger partial charge in [0.05, 0.1) is 5.57 Å². The minimum atomic E-state index is -0.241. The van der Waals surface area contributed by atoms with Crippen molar-refractivity contribution in [2.24, 2.45) is 25.9 Å². The Hall–Kier alpha value is -0.790. The maximum atomic E-state index is 5.69. The molecule has 0 aromatic rings. The van der Waals surface area contributed by atoms with Crippen molar-refractivity contribution in [3.63, 3.8) is 0 Å². The normalized spacial score (nSPS) is 27.0. The lowest BCUT2D eigenvalue weighted by Crippen LogP contribution is -2.26. The number of fused-ring (bicyclic) bond motifs is 1. The fraction of sp³-hybridized carbons (Fsp3) is 0.333. The number of nitrogens with two attached hydrogens (primary N) is 1. The summed E-state index contributed by atoms with van der Waals surface area (Å²) in [5, 5.41) is 7.82. The molecule has 2 aliphatic heterocycles. The molecule has 0 fully saturated rings. The van der Waals surface area contributed by atoms with Crippen molar-refractivity contribution in [2.45, 2.75) is 13.1 Å². The smallest absolute Gasteiger partial charge is 0.194 e. The molecule has 0 aromatic heterocycles. The number of azo groups is 1. The molecule has 0 amide bonds. The van der Waals surface area contributed by atoms with Crippen LogP contribution in [0.15, 0.2) is 29.5 Å². The topological polar surface area (TPSA) is 75.5 Å². The van der Waals surface area contributed by atoms with Crippen molar-refractivity contribution >= 4 is 34.3 Å². The molecule has 0 saturated carbocycles. The van der Waals surface area contributed by atoms with Crippen molar-refractivity contribution in [3.8, 4) is 0 Å². The Kier molecular flexibility index (Phi) is 1.71. The van der Waals surface area contributed by atoms with E-state index in [1.807, 2.05) is 0 Å². The van der Waals surface area contributed by atoms with E-state index in [0.717, 1.165) is 9.28 Å². The Labute approximate surface area is 82.7 Å². The predicted molar refractivity (Wildman–Crippen MR) is 54.4 cm³/mol. The minimum absolute atomic E-state index is 0.241. The van der Waals surface area contributed by atoms with Crippen molar-refractivity contribution < 1.29 is 0 Å². The molecule has 2 N–H and O–H groups in total. The number of nitrogens with zero attached hydrogens (tertiary/aromatic N) is 4. The molecule has 0 aliphatic carbocycles. The van der Waals surface area contributed by atoms with Crippen LogP contribution >= 0.6 is 22.6 Å². The van der Waals surface area contributed by atoms with Gasteiger partial charge < -0.3 is 5.73 Å². The van der Waals surface area contributed by atoms with Crippen LogP contribution in [0.25, 0.3) is 0 Å². The van der Waals surface area contributed by atoms with Crippen molar-refractivity contribution in [1.82, 2.24) is 0 Å². The summed E-state index contributed by atoms with van der Waals surface area (Å²) in [5.41, 5.74) is 6.52. The number of rotatable bonds is 0. The molecule has 0 unspecified atom stereocenters. The molecule has 62 valence electrons. The van der Waals surface area contributed by atoms with E-state index < -0.39 is 0 Å². The van der Waals surface area contributed by atoms with E-state index in [2.05, 4.69) is 42.8 Å². The number of halogens is 1. The first-order valence-corrected chi connectivity index (χ1v) is 4.46. The lowest BCUT2D eigenvalue weighted by molar-refractivity contribution is 0.822. The van der Waals surface area contributed by atoms with Gasteiger partial charge in [-0.15, -0.1) is 5.11 Å². The molecule has 5 nitrogen and oxygen atoms in total. The summed E-state index contributed by atoms with van der Waals surface area (Å²) < 4.78 is 0.787. The lowest BCUT2D eigenvalue weighted by Gasteiger charge is -2.11. The summed E-state index contributed by atoms with van der Waals surface area (Å²) in [6.45, 7) is 1.80. The first kappa shape index (κ1) is 7.84. The first-order valence-electron chi connectivity index (χ1n) is 3.38. The van der Waals surface area contributed by atoms with Crippen LogP contribution in [0.4, 0.5) is 0 Å². The molecule has 6 heteroatoms. The molecule has 0 radical (unpaired) electrons. The molecule has 0 spiro atoms. The van der Waals surface area contributed by atoms with Crippen LogP contribution in [-0.4, -0.2) is 17.8 Å². The number of amidine groups is 2. The van der Waals surface area contributed by atoms with Crippen molar-refractivity contribution in [3.05, 3.63) is 9.28 Å². The van der Waals surface area contributed by atoms with E-state index in [0.29, 0.717) is 11.7 Å². The van der Waals surface area contributed by atoms with Gasteiger partial charge in [-0.25, -0.2) is 9.98 Å². The lowest BCUT2D eigenvalue weighted by atomic mass is 10.2. The standard InChI is InChI=1S/C6H6IN5/c1-2-9-5(8)3-4(7)11-12-6(3)10-2/h6H,1H3,(H2,8,9,10)/t6-/m0/s1. The maximum absolute atomic E-state index is 5.69. The van der Waals surface area contributed by atoms with Crippen LogP contribution in [0.3, 0.4) is 0 Å². The number of hydrogen-bond donors (Lipinski definition) is 1. The number of aliphatic imine (C=N–C) groups is 2. The Morgan fingerprint density at radius 1 is 1.50 bits per heavy atom. The van der Waals surface area contributed by atoms with Crippen molar-refractivity contribution in [1.29, 1.82) is 0 Å². The number of hydrogen-bond acceptors (Lipinski definition) is 5. The highest BCUT2D eigenvalue weighted by atomic mass is 127. The zero-order chi connectivity index (χ0) is 8.72. The summed E-state index contributed by atoms with van der Waals surface area (Å²) in [7, 11) is 0. The molecule has 0 saturated heterocycles. The highest BCUT2D eigenvalue weighted by Crippen LogP contribution is 2.29. The molecule has 2 aliphatic rings. The van der Waals surface area contributed by atoms with E-state index in [4.69, 9.17) is 5.73 Å². The molecule has 2 rings (SSSR count). The molecule has 1 atom stereocenters. The third-order valence-electron chi connectivity index (χ3n) is 1.60. The average Bonchev–Trinajstić information content (AvgIpc) is 2.31. The van der Waals surface area contributed by atoms with Crippen LogP contribution in [0.5, 0.6) is 0 Å². The van der Waals surface area contributed by atoms with Gasteiger partial charge in [-0.3, -0.25) is 0 Å². The van der Waals surface area contributed by atoms with E-state index in [1.54, 1.807) is 6.92 Å². The van der Waals surface area contributed by atoms with Gasteiger partial charge in [0.15, 0.2) is 6.17 Å². The van der Waals surface area contributed by atoms with Gasteiger partial charge in [-0.2, -0.15) is 5.11 Å². The molecular weight excluding hydrogens is 269 g/mol. The Morgan fingerprint density at radius 3 is 3.00 bits per heavy atom. The van der Waals surface area contributed by atoms with Crippen LogP contribution in [0.1, 0.15) is 6.92 Å². The van der Waals surface area contributed by atoms with E-state index >= 15 is 0 Å². The maximum Gasteiger partial charge on any atom is 0.194 e. The summed E-state index contributed by atoms with van der Waals surface area (Å²) in [6, 6.07) is 0. The van der Waals surface area contributed by atoms with Crippen LogP contribution < -0.4 is 5.73 Å². The predicted octanol–water partition coefficient (Wildman–Crippen LogP) is 1.21. The third kappa shape index (κ3) is 1.06. The fourth-order valence-corrected chi connectivity index (χ4v) is 1.77. The molecular formula is C6H6IN5.